The second-order valence-electron chi connectivity index (χ2n) is 3.34. The lowest BCUT2D eigenvalue weighted by molar-refractivity contribution is -0.138. The van der Waals surface area contributed by atoms with E-state index < -0.39 is 17.3 Å². The van der Waals surface area contributed by atoms with Crippen molar-refractivity contribution in [3.05, 3.63) is 5.01 Å². The fraction of sp³-hybridized carbons (Fsp3) is 0.444. The van der Waals surface area contributed by atoms with Gasteiger partial charge in [0.1, 0.15) is 10.3 Å². The van der Waals surface area contributed by atoms with Gasteiger partial charge in [-0.05, 0) is 13.8 Å². The van der Waals surface area contributed by atoms with Gasteiger partial charge in [0, 0.05) is 0 Å². The van der Waals surface area contributed by atoms with Crippen LogP contribution in [0.3, 0.4) is 0 Å². The largest absolute Gasteiger partial charge is 0.468 e. The van der Waals surface area contributed by atoms with Gasteiger partial charge in [0.05, 0.1) is 12.8 Å². The van der Waals surface area contributed by atoms with Gasteiger partial charge in [-0.2, -0.15) is 5.10 Å². The molecule has 10 heteroatoms. The van der Waals surface area contributed by atoms with Crippen LogP contribution in [0.15, 0.2) is 9.44 Å². The highest BCUT2D eigenvalue weighted by Gasteiger charge is 2.26. The first-order valence-corrected chi connectivity index (χ1v) is 6.78. The average Bonchev–Trinajstić information content (AvgIpc) is 2.77. The molecule has 8 nitrogen and oxygen atoms in total. The quantitative estimate of drug-likeness (QED) is 0.354. The van der Waals surface area contributed by atoms with Crippen LogP contribution in [0.4, 0.5) is 4.79 Å². The number of primary amides is 1. The van der Waals surface area contributed by atoms with Gasteiger partial charge in [0.2, 0.25) is 0 Å². The van der Waals surface area contributed by atoms with Crippen molar-refractivity contribution in [2.24, 2.45) is 10.8 Å². The first-order valence-electron chi connectivity index (χ1n) is 5.08. The number of carbonyl (C=O) groups excluding carboxylic acids is 2. The highest BCUT2D eigenvalue weighted by molar-refractivity contribution is 8.03. The Bertz CT molecular complexity index is 502. The Labute approximate surface area is 117 Å². The van der Waals surface area contributed by atoms with Crippen molar-refractivity contribution in [3.8, 4) is 0 Å². The minimum atomic E-state index is -0.806. The van der Waals surface area contributed by atoms with Gasteiger partial charge in [-0.15, -0.1) is 10.2 Å². The minimum absolute atomic E-state index is 0.350. The summed E-state index contributed by atoms with van der Waals surface area (Å²) in [6.45, 7) is 3.39. The molecule has 0 aromatic carbocycles. The zero-order valence-electron chi connectivity index (χ0n) is 10.5. The molecule has 3 N–H and O–H groups in total. The molecule has 0 aliphatic rings. The summed E-state index contributed by atoms with van der Waals surface area (Å²) >= 11 is 2.50. The maximum atomic E-state index is 11.7. The predicted molar refractivity (Wildman–Crippen MR) is 72.1 cm³/mol. The summed E-state index contributed by atoms with van der Waals surface area (Å²) in [6, 6.07) is -0.806. The fourth-order valence-corrected chi connectivity index (χ4v) is 3.00. The van der Waals surface area contributed by atoms with Crippen molar-refractivity contribution < 1.29 is 14.3 Å². The van der Waals surface area contributed by atoms with Crippen molar-refractivity contribution in [1.29, 1.82) is 0 Å². The van der Waals surface area contributed by atoms with E-state index in [-0.39, 0.29) is 0 Å². The van der Waals surface area contributed by atoms with E-state index in [1.54, 1.807) is 6.92 Å². The first kappa shape index (κ1) is 15.4. The molecule has 0 spiro atoms. The maximum Gasteiger partial charge on any atom is 0.332 e. The Hall–Kier alpha value is -1.68. The number of aryl methyl sites for hydroxylation is 1. The lowest BCUT2D eigenvalue weighted by Gasteiger charge is -2.11. The summed E-state index contributed by atoms with van der Waals surface area (Å²) < 4.78 is 5.30. The number of aromatic nitrogens is 2. The molecule has 0 fully saturated rings. The van der Waals surface area contributed by atoms with Crippen LogP contribution in [0.2, 0.25) is 0 Å². The molecule has 0 aliphatic carbocycles. The Balaban J connectivity index is 2.85. The van der Waals surface area contributed by atoms with Gasteiger partial charge in [-0.3, -0.25) is 4.79 Å². The monoisotopic (exact) mass is 303 g/mol. The van der Waals surface area contributed by atoms with E-state index in [1.165, 1.54) is 18.4 Å². The number of hydrogen-bond acceptors (Lipinski definition) is 8. The van der Waals surface area contributed by atoms with E-state index >= 15 is 0 Å². The molecule has 19 heavy (non-hydrogen) atoms. The Morgan fingerprint density at radius 3 is 2.68 bits per heavy atom. The summed E-state index contributed by atoms with van der Waals surface area (Å²) in [7, 11) is 1.27. The molecule has 1 aromatic heterocycles. The molecule has 1 atom stereocenters. The summed E-state index contributed by atoms with van der Waals surface area (Å²) in [5, 5.41) is 11.6. The molecule has 104 valence electrons. The number of methoxy groups -OCH3 is 1. The highest BCUT2D eigenvalue weighted by Crippen LogP contribution is 2.27. The van der Waals surface area contributed by atoms with Gasteiger partial charge in [0.25, 0.3) is 0 Å². The van der Waals surface area contributed by atoms with E-state index in [0.717, 1.165) is 16.8 Å². The van der Waals surface area contributed by atoms with Crippen molar-refractivity contribution >= 4 is 40.8 Å². The third-order valence-corrected chi connectivity index (χ3v) is 4.09. The molecular weight excluding hydrogens is 290 g/mol. The molecular formula is C9H13N5O3S2. The van der Waals surface area contributed by atoms with Crippen molar-refractivity contribution in [2.45, 2.75) is 23.4 Å². The predicted octanol–water partition coefficient (Wildman–Crippen LogP) is 0.524. The summed E-state index contributed by atoms with van der Waals surface area (Å²) in [6.07, 6.45) is 0. The van der Waals surface area contributed by atoms with Crippen molar-refractivity contribution in [3.63, 3.8) is 0 Å². The lowest BCUT2D eigenvalue weighted by atomic mass is 10.3. The Morgan fingerprint density at radius 2 is 2.21 bits per heavy atom. The van der Waals surface area contributed by atoms with Gasteiger partial charge in [-0.1, -0.05) is 23.1 Å². The number of amides is 2. The van der Waals surface area contributed by atoms with Gasteiger partial charge in [0.15, 0.2) is 4.34 Å². The lowest BCUT2D eigenvalue weighted by Crippen LogP contribution is -2.31. The number of urea groups is 1. The molecule has 1 unspecified atom stereocenters. The van der Waals surface area contributed by atoms with E-state index in [2.05, 4.69) is 20.7 Å². The Morgan fingerprint density at radius 1 is 1.53 bits per heavy atom. The SMILES string of the molecule is COC(=O)C(Sc1nnc(C)s1)/C(C)=N\NC(N)=O. The fourth-order valence-electron chi connectivity index (χ4n) is 1.04. The number of ether oxygens (including phenoxy) is 1. The number of carbonyl (C=O) groups is 2. The molecule has 0 aliphatic heterocycles. The first-order chi connectivity index (χ1) is 8.93. The molecule has 0 saturated heterocycles. The highest BCUT2D eigenvalue weighted by atomic mass is 32.2. The van der Waals surface area contributed by atoms with E-state index in [1.807, 2.05) is 6.92 Å². The van der Waals surface area contributed by atoms with E-state index in [0.29, 0.717) is 10.1 Å². The smallest absolute Gasteiger partial charge is 0.332 e. The molecule has 0 radical (unpaired) electrons. The number of esters is 1. The third-order valence-electron chi connectivity index (χ3n) is 1.86. The number of nitrogens with one attached hydrogen (secondary N) is 1. The average molecular weight is 303 g/mol. The molecule has 1 heterocycles. The van der Waals surface area contributed by atoms with E-state index in [4.69, 9.17) is 10.5 Å². The number of nitrogens with two attached hydrogens (primary N) is 1. The minimum Gasteiger partial charge on any atom is -0.468 e. The number of rotatable bonds is 5. The summed E-state index contributed by atoms with van der Waals surface area (Å²) in [5.74, 6) is -0.495. The number of thioether (sulfide) groups is 1. The van der Waals surface area contributed by atoms with E-state index in [9.17, 15) is 9.59 Å². The summed E-state index contributed by atoms with van der Waals surface area (Å²) in [5.41, 5.74) is 7.32. The summed E-state index contributed by atoms with van der Waals surface area (Å²) in [4.78, 5) is 22.3. The van der Waals surface area contributed by atoms with Gasteiger partial charge < -0.3 is 10.5 Å². The van der Waals surface area contributed by atoms with Gasteiger partial charge >= 0.3 is 12.0 Å². The second-order valence-corrected chi connectivity index (χ2v) is 5.87. The topological polar surface area (TPSA) is 120 Å². The zero-order chi connectivity index (χ0) is 14.4. The molecule has 1 aromatic rings. The zero-order valence-corrected chi connectivity index (χ0v) is 12.2. The van der Waals surface area contributed by atoms with Crippen LogP contribution in [0.25, 0.3) is 0 Å². The Kier molecular flexibility index (Phi) is 5.70. The molecule has 1 rings (SSSR count). The normalized spacial score (nSPS) is 12.9. The van der Waals surface area contributed by atoms with Crippen LogP contribution in [-0.2, 0) is 9.53 Å². The molecule has 2 amide bonds. The van der Waals surface area contributed by atoms with Crippen LogP contribution in [-0.4, -0.2) is 40.3 Å². The second kappa shape index (κ2) is 7.04. The molecule has 0 bridgehead atoms. The number of nitrogens with zero attached hydrogens (tertiary/aromatic N) is 3. The molecule has 0 saturated carbocycles. The maximum absolute atomic E-state index is 11.7. The number of hydrazone groups is 1. The standard InChI is InChI=1S/C9H13N5O3S2/c1-4(11-13-8(10)16)6(7(15)17-3)19-9-14-12-5(2)18-9/h6H,1-3H3,(H3,10,13,16)/b11-4-. The van der Waals surface area contributed by atoms with Gasteiger partial charge in [-0.25, -0.2) is 10.2 Å². The van der Waals surface area contributed by atoms with Crippen LogP contribution in [0, 0.1) is 6.92 Å². The van der Waals surface area contributed by atoms with Crippen LogP contribution in [0.1, 0.15) is 11.9 Å². The third kappa shape index (κ3) is 4.83. The van der Waals surface area contributed by atoms with Crippen LogP contribution < -0.4 is 11.2 Å². The van der Waals surface area contributed by atoms with Crippen LogP contribution >= 0.6 is 23.1 Å². The van der Waals surface area contributed by atoms with Crippen molar-refractivity contribution in [2.75, 3.05) is 7.11 Å². The van der Waals surface area contributed by atoms with Crippen molar-refractivity contribution in [1.82, 2.24) is 15.6 Å². The van der Waals surface area contributed by atoms with Crippen LogP contribution in [0.5, 0.6) is 0 Å². The number of hydrogen-bond donors (Lipinski definition) is 2.